The Hall–Kier alpha value is -5.92. The summed E-state index contributed by atoms with van der Waals surface area (Å²) in [6.07, 6.45) is 0. The van der Waals surface area contributed by atoms with Crippen LogP contribution in [0.1, 0.15) is 0 Å². The summed E-state index contributed by atoms with van der Waals surface area (Å²) >= 11 is 0. The Balaban J connectivity index is 1.31. The third-order valence-electron chi connectivity index (χ3n) is 9.63. The Labute approximate surface area is 260 Å². The predicted molar refractivity (Wildman–Crippen MR) is 190 cm³/mol. The molecule has 45 heavy (non-hydrogen) atoms. The van der Waals surface area contributed by atoms with Gasteiger partial charge < -0.3 is 4.74 Å². The van der Waals surface area contributed by atoms with Crippen LogP contribution < -0.4 is 4.74 Å². The summed E-state index contributed by atoms with van der Waals surface area (Å²) in [5, 5.41) is 12.5. The summed E-state index contributed by atoms with van der Waals surface area (Å²) in [5.41, 5.74) is 7.30. The van der Waals surface area contributed by atoms with Gasteiger partial charge in [-0.15, -0.1) is 0 Å². The Morgan fingerprint density at radius 2 is 0.956 bits per heavy atom. The molecule has 0 unspecified atom stereocenters. The van der Waals surface area contributed by atoms with Crippen LogP contribution in [0.2, 0.25) is 0 Å². The van der Waals surface area contributed by atoms with Crippen molar-refractivity contribution in [1.29, 1.82) is 0 Å². The van der Waals surface area contributed by atoms with Gasteiger partial charge in [0.05, 0.1) is 0 Å². The zero-order valence-electron chi connectivity index (χ0n) is 24.4. The minimum atomic E-state index is 0.901. The second-order valence-electron chi connectivity index (χ2n) is 12.0. The molecule has 0 N–H and O–H groups in total. The Kier molecular flexibility index (Phi) is 5.06. The number of hydrogen-bond acceptors (Lipinski definition) is 1. The van der Waals surface area contributed by atoms with Crippen LogP contribution in [-0.4, -0.2) is 0 Å². The summed E-state index contributed by atoms with van der Waals surface area (Å²) < 4.78 is 6.45. The van der Waals surface area contributed by atoms with Gasteiger partial charge in [-0.05, 0) is 101 Å². The molecule has 1 heterocycles. The number of benzene rings is 9. The predicted octanol–water partition coefficient (Wildman–Crippen LogP) is 12.6. The zero-order chi connectivity index (χ0) is 29.5. The molecule has 0 radical (unpaired) electrons. The van der Waals surface area contributed by atoms with E-state index < -0.39 is 0 Å². The van der Waals surface area contributed by atoms with Gasteiger partial charge in [0.25, 0.3) is 0 Å². The van der Waals surface area contributed by atoms with Crippen molar-refractivity contribution in [3.8, 4) is 44.9 Å². The molecule has 1 aliphatic rings. The molecule has 1 heteroatoms. The van der Waals surface area contributed by atoms with Crippen LogP contribution >= 0.6 is 0 Å². The molecule has 0 bridgehead atoms. The first-order valence-electron chi connectivity index (χ1n) is 15.5. The normalized spacial score (nSPS) is 12.2. The molecule has 208 valence electrons. The molecule has 0 fully saturated rings. The van der Waals surface area contributed by atoms with Crippen LogP contribution in [0.15, 0.2) is 158 Å². The lowest BCUT2D eigenvalue weighted by Crippen LogP contribution is -1.97. The Morgan fingerprint density at radius 3 is 1.84 bits per heavy atom. The summed E-state index contributed by atoms with van der Waals surface area (Å²) in [7, 11) is 0. The lowest BCUT2D eigenvalue weighted by atomic mass is 9.85. The van der Waals surface area contributed by atoms with Crippen molar-refractivity contribution >= 4 is 53.9 Å². The van der Waals surface area contributed by atoms with Crippen LogP contribution in [-0.2, 0) is 0 Å². The van der Waals surface area contributed by atoms with Gasteiger partial charge in [0.1, 0.15) is 11.5 Å². The first-order chi connectivity index (χ1) is 22.3. The third-order valence-corrected chi connectivity index (χ3v) is 9.63. The fourth-order valence-electron chi connectivity index (χ4n) is 7.61. The smallest absolute Gasteiger partial charge is 0.135 e. The van der Waals surface area contributed by atoms with Crippen molar-refractivity contribution < 1.29 is 4.74 Å². The number of rotatable bonds is 2. The van der Waals surface area contributed by atoms with E-state index in [0.717, 1.165) is 17.1 Å². The molecule has 0 atom stereocenters. The minimum absolute atomic E-state index is 0.901. The van der Waals surface area contributed by atoms with Crippen LogP contribution in [0.5, 0.6) is 11.5 Å². The molecule has 1 aliphatic heterocycles. The fraction of sp³-hybridized carbons (Fsp3) is 0. The molecule has 0 aromatic heterocycles. The molecule has 9 aromatic rings. The molecule has 0 saturated carbocycles. The van der Waals surface area contributed by atoms with Crippen LogP contribution in [0.3, 0.4) is 0 Å². The van der Waals surface area contributed by atoms with Crippen molar-refractivity contribution in [3.63, 3.8) is 0 Å². The van der Waals surface area contributed by atoms with E-state index in [2.05, 4.69) is 158 Å². The number of hydrogen-bond donors (Lipinski definition) is 0. The second kappa shape index (κ2) is 9.29. The standard InChI is InChI=1S/C44H26O/c1-3-14-31-27(9-1)11-5-17-34(31)44-35-19-8-16-33(39(35)26-38-32-15-4-2-10-28(32)21-23-37(38)44)30-22-24-41-40(25-30)36-18-6-12-29-13-7-20-42(45-41)43(29)36/h1-26H. The zero-order valence-corrected chi connectivity index (χ0v) is 24.4. The quantitative estimate of drug-likeness (QED) is 0.148. The van der Waals surface area contributed by atoms with E-state index in [0.29, 0.717) is 0 Å². The first kappa shape index (κ1) is 24.5. The highest BCUT2D eigenvalue weighted by Crippen LogP contribution is 2.49. The molecule has 1 nitrogen and oxygen atoms in total. The summed E-state index contributed by atoms with van der Waals surface area (Å²) in [5.74, 6) is 1.82. The average Bonchev–Trinajstić information content (AvgIpc) is 3.10. The molecular weight excluding hydrogens is 544 g/mol. The maximum atomic E-state index is 6.45. The van der Waals surface area contributed by atoms with Gasteiger partial charge in [-0.1, -0.05) is 133 Å². The van der Waals surface area contributed by atoms with Crippen LogP contribution in [0.4, 0.5) is 0 Å². The largest absolute Gasteiger partial charge is 0.456 e. The van der Waals surface area contributed by atoms with Crippen LogP contribution in [0, 0.1) is 0 Å². The molecule has 10 rings (SSSR count). The number of fused-ring (bicyclic) bond motifs is 7. The van der Waals surface area contributed by atoms with E-state index in [1.54, 1.807) is 0 Å². The average molecular weight is 571 g/mol. The summed E-state index contributed by atoms with van der Waals surface area (Å²) in [6, 6.07) is 57.4. The number of ether oxygens (including phenoxy) is 1. The molecule has 0 amide bonds. The van der Waals surface area contributed by atoms with Crippen LogP contribution in [0.25, 0.3) is 87.2 Å². The second-order valence-corrected chi connectivity index (χ2v) is 12.0. The van der Waals surface area contributed by atoms with E-state index in [9.17, 15) is 0 Å². The van der Waals surface area contributed by atoms with E-state index in [-0.39, 0.29) is 0 Å². The minimum Gasteiger partial charge on any atom is -0.456 e. The summed E-state index contributed by atoms with van der Waals surface area (Å²) in [6.45, 7) is 0. The lowest BCUT2D eigenvalue weighted by Gasteiger charge is -2.22. The molecular formula is C44H26O. The third kappa shape index (κ3) is 3.56. The highest BCUT2D eigenvalue weighted by molar-refractivity contribution is 6.24. The Bertz CT molecular complexity index is 2670. The van der Waals surface area contributed by atoms with Crippen molar-refractivity contribution in [3.05, 3.63) is 158 Å². The fourth-order valence-corrected chi connectivity index (χ4v) is 7.61. The van der Waals surface area contributed by atoms with E-state index >= 15 is 0 Å². The molecule has 9 aromatic carbocycles. The topological polar surface area (TPSA) is 9.23 Å². The highest BCUT2D eigenvalue weighted by atomic mass is 16.5. The van der Waals surface area contributed by atoms with E-state index in [1.807, 2.05) is 0 Å². The van der Waals surface area contributed by atoms with Gasteiger partial charge in [-0.25, -0.2) is 0 Å². The maximum absolute atomic E-state index is 6.45. The van der Waals surface area contributed by atoms with Gasteiger partial charge in [-0.2, -0.15) is 0 Å². The van der Waals surface area contributed by atoms with Gasteiger partial charge in [0, 0.05) is 10.9 Å². The SMILES string of the molecule is c1ccc2c(-c3c4cccc(-c5ccc6c(c5)-c5cccc7cccc(c57)O6)c4cc4c3ccc3ccccc34)cccc2c1. The van der Waals surface area contributed by atoms with Crippen molar-refractivity contribution in [2.45, 2.75) is 0 Å². The van der Waals surface area contributed by atoms with Crippen molar-refractivity contribution in [2.24, 2.45) is 0 Å². The van der Waals surface area contributed by atoms with Gasteiger partial charge in [0.15, 0.2) is 0 Å². The van der Waals surface area contributed by atoms with E-state index in [1.165, 1.54) is 81.7 Å². The molecule has 0 aliphatic carbocycles. The van der Waals surface area contributed by atoms with E-state index in [4.69, 9.17) is 4.74 Å². The van der Waals surface area contributed by atoms with Gasteiger partial charge >= 0.3 is 0 Å². The van der Waals surface area contributed by atoms with Gasteiger partial charge in [-0.3, -0.25) is 0 Å². The first-order valence-corrected chi connectivity index (χ1v) is 15.5. The van der Waals surface area contributed by atoms with Crippen molar-refractivity contribution in [1.82, 2.24) is 0 Å². The maximum Gasteiger partial charge on any atom is 0.135 e. The Morgan fingerprint density at radius 1 is 0.311 bits per heavy atom. The van der Waals surface area contributed by atoms with Crippen molar-refractivity contribution in [2.75, 3.05) is 0 Å². The van der Waals surface area contributed by atoms with Gasteiger partial charge in [0.2, 0.25) is 0 Å². The lowest BCUT2D eigenvalue weighted by molar-refractivity contribution is 0.487. The molecule has 0 spiro atoms. The molecule has 0 saturated heterocycles. The monoisotopic (exact) mass is 570 g/mol. The highest BCUT2D eigenvalue weighted by Gasteiger charge is 2.22. The summed E-state index contributed by atoms with van der Waals surface area (Å²) in [4.78, 5) is 0.